The number of nitrogens with one attached hydrogen (secondary N) is 2. The maximum atomic E-state index is 11.6. The monoisotopic (exact) mass is 459 g/mol. The van der Waals surface area contributed by atoms with Crippen LogP contribution < -0.4 is 10.6 Å². The van der Waals surface area contributed by atoms with Crippen LogP contribution in [0.5, 0.6) is 0 Å². The van der Waals surface area contributed by atoms with Crippen LogP contribution in [-0.4, -0.2) is 66.1 Å². The predicted molar refractivity (Wildman–Crippen MR) is 131 cm³/mol. The molecule has 1 aliphatic heterocycles. The van der Waals surface area contributed by atoms with E-state index in [1.807, 2.05) is 47.8 Å². The number of imidazole rings is 1. The summed E-state index contributed by atoms with van der Waals surface area (Å²) in [6.45, 7) is 9.56. The van der Waals surface area contributed by atoms with Gasteiger partial charge >= 0.3 is 0 Å². The second-order valence-electron chi connectivity index (χ2n) is 9.64. The highest BCUT2D eigenvalue weighted by Crippen LogP contribution is 2.47. The van der Waals surface area contributed by atoms with Crippen molar-refractivity contribution in [2.45, 2.75) is 39.8 Å². The third kappa shape index (κ3) is 3.12. The summed E-state index contributed by atoms with van der Waals surface area (Å²) in [5, 5.41) is 11.5. The Hall–Kier alpha value is -3.69. The van der Waals surface area contributed by atoms with E-state index >= 15 is 0 Å². The van der Waals surface area contributed by atoms with Crippen molar-refractivity contribution in [3.05, 3.63) is 30.2 Å². The quantitative estimate of drug-likeness (QED) is 0.473. The fourth-order valence-corrected chi connectivity index (χ4v) is 5.47. The molecular formula is C24H29N9O. The van der Waals surface area contributed by atoms with E-state index in [1.165, 1.54) is 0 Å². The van der Waals surface area contributed by atoms with Crippen LogP contribution in [0.15, 0.2) is 24.4 Å². The first-order valence-corrected chi connectivity index (χ1v) is 11.8. The van der Waals surface area contributed by atoms with Crippen molar-refractivity contribution < 1.29 is 4.79 Å². The molecule has 0 aromatic carbocycles. The zero-order valence-corrected chi connectivity index (χ0v) is 20.1. The van der Waals surface area contributed by atoms with Crippen LogP contribution in [-0.2, 0) is 4.79 Å². The molecule has 1 unspecified atom stereocenters. The molecule has 176 valence electrons. The van der Waals surface area contributed by atoms with Gasteiger partial charge in [-0.25, -0.2) is 14.5 Å². The number of piperidine rings is 1. The third-order valence-corrected chi connectivity index (χ3v) is 7.19. The summed E-state index contributed by atoms with van der Waals surface area (Å²) in [7, 11) is 1.87. The first-order chi connectivity index (χ1) is 16.4. The molecular weight excluding hydrogens is 430 g/mol. The Kier molecular flexibility index (Phi) is 4.55. The summed E-state index contributed by atoms with van der Waals surface area (Å²) in [6, 6.07) is 6.65. The van der Waals surface area contributed by atoms with Crippen molar-refractivity contribution in [2.24, 2.45) is 11.8 Å². The average Bonchev–Trinajstić information content (AvgIpc) is 3.21. The largest absolute Gasteiger partial charge is 0.371 e. The minimum absolute atomic E-state index is 0.152. The van der Waals surface area contributed by atoms with E-state index in [-0.39, 0.29) is 11.9 Å². The molecule has 1 amide bonds. The maximum Gasteiger partial charge on any atom is 0.243 e. The lowest BCUT2D eigenvalue weighted by Crippen LogP contribution is -2.32. The molecule has 3 atom stereocenters. The smallest absolute Gasteiger partial charge is 0.243 e. The van der Waals surface area contributed by atoms with E-state index < -0.39 is 0 Å². The predicted octanol–water partition coefficient (Wildman–Crippen LogP) is 2.96. The van der Waals surface area contributed by atoms with Gasteiger partial charge in [-0.3, -0.25) is 4.79 Å². The number of anilines is 2. The molecule has 10 nitrogen and oxygen atoms in total. The molecule has 2 fully saturated rings. The van der Waals surface area contributed by atoms with Gasteiger partial charge in [-0.1, -0.05) is 0 Å². The molecule has 10 heteroatoms. The molecule has 4 aromatic rings. The van der Waals surface area contributed by atoms with E-state index in [1.54, 1.807) is 6.92 Å². The Labute approximate surface area is 197 Å². The molecule has 6 rings (SSSR count). The number of carbonyl (C=O) groups excluding carboxylic acids is 1. The fraction of sp³-hybridized carbons (Fsp3) is 0.458. The molecule has 2 N–H and O–H groups in total. The summed E-state index contributed by atoms with van der Waals surface area (Å²) in [6.07, 6.45) is 1.94. The van der Waals surface area contributed by atoms with Crippen LogP contribution in [0.3, 0.4) is 0 Å². The number of carbonyl (C=O) groups is 1. The molecule has 1 saturated carbocycles. The van der Waals surface area contributed by atoms with E-state index in [0.29, 0.717) is 23.8 Å². The van der Waals surface area contributed by atoms with Crippen LogP contribution in [0.2, 0.25) is 0 Å². The third-order valence-electron chi connectivity index (χ3n) is 7.19. The molecule has 0 spiro atoms. The van der Waals surface area contributed by atoms with Gasteiger partial charge in [0.1, 0.15) is 16.9 Å². The second kappa shape index (κ2) is 7.41. The van der Waals surface area contributed by atoms with Crippen molar-refractivity contribution in [1.82, 2.24) is 34.0 Å². The summed E-state index contributed by atoms with van der Waals surface area (Å²) in [4.78, 5) is 28.0. The molecule has 4 aromatic heterocycles. The number of rotatable bonds is 5. The lowest BCUT2D eigenvalue weighted by Gasteiger charge is -2.18. The lowest BCUT2D eigenvalue weighted by molar-refractivity contribution is -0.128. The standard InChI is InChI=1S/C24H29N9O/c1-12(2)33-13(3)26-19-7-6-18(27-23(19)33)15-8-9-32-21(15)22(25-5)29-24(30-32)28-20-16-10-31(14(4)34)11-17(16)20/h6-9,12,16-17,20H,10-11H2,1-5H3,(H2,25,28,29,30)/t16-,17+,20?. The van der Waals surface area contributed by atoms with Gasteiger partial charge in [-0.05, 0) is 39.0 Å². The van der Waals surface area contributed by atoms with Crippen molar-refractivity contribution in [2.75, 3.05) is 30.8 Å². The number of amides is 1. The molecule has 5 heterocycles. The molecule has 1 aliphatic carbocycles. The second-order valence-corrected chi connectivity index (χ2v) is 9.64. The number of hydrogen-bond acceptors (Lipinski definition) is 7. The van der Waals surface area contributed by atoms with Gasteiger partial charge in [-0.2, -0.15) is 4.98 Å². The SMILES string of the molecule is CNc1nc(NC2[C@H]3CN(C(C)=O)C[C@@H]23)nn2ccc(-c3ccc4nc(C)n(C(C)C)c4n3)c12. The van der Waals surface area contributed by atoms with Crippen LogP contribution in [0.1, 0.15) is 32.6 Å². The van der Waals surface area contributed by atoms with Crippen molar-refractivity contribution >= 4 is 34.4 Å². The Bertz CT molecular complexity index is 1420. The highest BCUT2D eigenvalue weighted by molar-refractivity contribution is 5.89. The lowest BCUT2D eigenvalue weighted by atomic mass is 10.2. The molecule has 34 heavy (non-hydrogen) atoms. The summed E-state index contributed by atoms with van der Waals surface area (Å²) in [5.74, 6) is 3.40. The highest BCUT2D eigenvalue weighted by Gasteiger charge is 2.56. The van der Waals surface area contributed by atoms with Gasteiger partial charge < -0.3 is 20.1 Å². The van der Waals surface area contributed by atoms with Gasteiger partial charge in [0.2, 0.25) is 11.9 Å². The van der Waals surface area contributed by atoms with Crippen LogP contribution in [0.25, 0.3) is 27.9 Å². The number of aryl methyl sites for hydroxylation is 1. The highest BCUT2D eigenvalue weighted by atomic mass is 16.2. The number of hydrogen-bond donors (Lipinski definition) is 2. The van der Waals surface area contributed by atoms with E-state index in [9.17, 15) is 4.79 Å². The topological polar surface area (TPSA) is 105 Å². The summed E-state index contributed by atoms with van der Waals surface area (Å²) >= 11 is 0. The minimum Gasteiger partial charge on any atom is -0.371 e. The Morgan fingerprint density at radius 1 is 1.12 bits per heavy atom. The average molecular weight is 460 g/mol. The van der Waals surface area contributed by atoms with Crippen LogP contribution in [0.4, 0.5) is 11.8 Å². The van der Waals surface area contributed by atoms with Gasteiger partial charge in [0.15, 0.2) is 11.5 Å². The Morgan fingerprint density at radius 3 is 2.56 bits per heavy atom. The number of nitrogens with zero attached hydrogens (tertiary/aromatic N) is 7. The normalized spacial score (nSPS) is 21.5. The first-order valence-electron chi connectivity index (χ1n) is 11.8. The number of aromatic nitrogens is 6. The van der Waals surface area contributed by atoms with Gasteiger partial charge in [-0.15, -0.1) is 5.10 Å². The van der Waals surface area contributed by atoms with E-state index in [2.05, 4.69) is 34.0 Å². The molecule has 2 aliphatic rings. The summed E-state index contributed by atoms with van der Waals surface area (Å²) in [5.41, 5.74) is 4.49. The Balaban J connectivity index is 1.34. The number of likely N-dealkylation sites (tertiary alicyclic amines) is 1. The molecule has 0 bridgehead atoms. The molecule has 0 radical (unpaired) electrons. The van der Waals surface area contributed by atoms with Crippen LogP contribution >= 0.6 is 0 Å². The molecule has 1 saturated heterocycles. The summed E-state index contributed by atoms with van der Waals surface area (Å²) < 4.78 is 4.02. The Morgan fingerprint density at radius 2 is 1.88 bits per heavy atom. The number of fused-ring (bicyclic) bond motifs is 3. The van der Waals surface area contributed by atoms with Crippen molar-refractivity contribution in [1.29, 1.82) is 0 Å². The van der Waals surface area contributed by atoms with E-state index in [0.717, 1.165) is 52.7 Å². The van der Waals surface area contributed by atoms with Gasteiger partial charge in [0, 0.05) is 62.7 Å². The van der Waals surface area contributed by atoms with Crippen molar-refractivity contribution in [3.8, 4) is 11.3 Å². The number of pyridine rings is 1. The minimum atomic E-state index is 0.152. The first kappa shape index (κ1) is 20.9. The fourth-order valence-electron chi connectivity index (χ4n) is 5.47. The van der Waals surface area contributed by atoms with Gasteiger partial charge in [0.25, 0.3) is 0 Å². The van der Waals surface area contributed by atoms with Gasteiger partial charge in [0.05, 0.1) is 5.69 Å². The maximum absolute atomic E-state index is 11.6. The van der Waals surface area contributed by atoms with Crippen molar-refractivity contribution in [3.63, 3.8) is 0 Å². The zero-order chi connectivity index (χ0) is 23.7. The van der Waals surface area contributed by atoms with E-state index in [4.69, 9.17) is 15.1 Å². The van der Waals surface area contributed by atoms with Crippen LogP contribution in [0, 0.1) is 18.8 Å². The zero-order valence-electron chi connectivity index (χ0n) is 20.1.